The van der Waals surface area contributed by atoms with Crippen LogP contribution in [0.25, 0.3) is 0 Å². The molecule has 0 atom stereocenters. The number of ether oxygens (including phenoxy) is 2. The number of rotatable bonds is 13. The Bertz CT molecular complexity index is 1120. The van der Waals surface area contributed by atoms with Crippen molar-refractivity contribution in [3.8, 4) is 11.5 Å². The molecule has 0 fully saturated rings. The Hall–Kier alpha value is -3.33. The zero-order valence-electron chi connectivity index (χ0n) is 21.7. The van der Waals surface area contributed by atoms with Gasteiger partial charge in [0.15, 0.2) is 16.6 Å². The zero-order chi connectivity index (χ0) is 25.9. The Morgan fingerprint density at radius 2 is 2.00 bits per heavy atom. The van der Waals surface area contributed by atoms with Gasteiger partial charge in [0.1, 0.15) is 5.82 Å². The lowest BCUT2D eigenvalue weighted by atomic mass is 10.1. The molecule has 0 bridgehead atoms. The van der Waals surface area contributed by atoms with Gasteiger partial charge < -0.3 is 30.0 Å². The van der Waals surface area contributed by atoms with E-state index >= 15 is 0 Å². The van der Waals surface area contributed by atoms with Crippen molar-refractivity contribution >= 4 is 28.8 Å². The van der Waals surface area contributed by atoms with E-state index in [2.05, 4.69) is 45.5 Å². The number of thiocarbonyl (C=S) groups is 1. The van der Waals surface area contributed by atoms with E-state index in [9.17, 15) is 0 Å². The van der Waals surface area contributed by atoms with Crippen molar-refractivity contribution in [2.75, 3.05) is 31.3 Å². The number of hydrogen-bond acceptors (Lipinski definition) is 6. The van der Waals surface area contributed by atoms with Crippen molar-refractivity contribution in [2.24, 2.45) is 0 Å². The molecule has 0 unspecified atom stereocenters. The van der Waals surface area contributed by atoms with Crippen molar-refractivity contribution in [3.05, 3.63) is 60.3 Å². The van der Waals surface area contributed by atoms with Crippen LogP contribution in [0.5, 0.6) is 11.5 Å². The smallest absolute Gasteiger partial charge is 0.173 e. The Kier molecular flexibility index (Phi) is 10.4. The molecule has 3 rings (SSSR count). The van der Waals surface area contributed by atoms with E-state index in [1.165, 1.54) is 11.3 Å². The van der Waals surface area contributed by atoms with Crippen LogP contribution in [0.2, 0.25) is 0 Å². The summed E-state index contributed by atoms with van der Waals surface area (Å²) < 4.78 is 13.7. The summed E-state index contributed by atoms with van der Waals surface area (Å²) in [6.45, 7) is 8.74. The Morgan fingerprint density at radius 1 is 1.17 bits per heavy atom. The van der Waals surface area contributed by atoms with Gasteiger partial charge in [-0.05, 0) is 88.5 Å². The number of nitrogens with zero attached hydrogens (tertiary/aromatic N) is 4. The highest BCUT2D eigenvalue weighted by Crippen LogP contribution is 2.30. The van der Waals surface area contributed by atoms with Gasteiger partial charge in [0.05, 0.1) is 20.0 Å². The summed E-state index contributed by atoms with van der Waals surface area (Å²) in [5.41, 5.74) is 8.98. The van der Waals surface area contributed by atoms with Crippen LogP contribution in [0, 0.1) is 6.92 Å². The van der Waals surface area contributed by atoms with Crippen molar-refractivity contribution in [2.45, 2.75) is 59.0 Å². The molecule has 0 aliphatic heterocycles. The first kappa shape index (κ1) is 27.3. The molecule has 36 heavy (non-hydrogen) atoms. The molecule has 2 heterocycles. The SMILES string of the molecule is COc1cc(NC(=S)N(CCCn2cncc2C)C(C)C)ccc1OCCCCc1ccnc(N)c1. The van der Waals surface area contributed by atoms with Gasteiger partial charge in [-0.1, -0.05) is 0 Å². The third-order valence-electron chi connectivity index (χ3n) is 5.98. The second-order valence-corrected chi connectivity index (χ2v) is 9.45. The largest absolute Gasteiger partial charge is 0.493 e. The quantitative estimate of drug-likeness (QED) is 0.243. The zero-order valence-corrected chi connectivity index (χ0v) is 22.6. The molecule has 9 heteroatoms. The predicted molar refractivity (Wildman–Crippen MR) is 150 cm³/mol. The summed E-state index contributed by atoms with van der Waals surface area (Å²) in [5, 5.41) is 4.06. The van der Waals surface area contributed by atoms with Gasteiger partial charge in [0.25, 0.3) is 0 Å². The second-order valence-electron chi connectivity index (χ2n) is 9.06. The summed E-state index contributed by atoms with van der Waals surface area (Å²) in [4.78, 5) is 10.4. The van der Waals surface area contributed by atoms with Crippen LogP contribution in [0.3, 0.4) is 0 Å². The molecule has 0 saturated heterocycles. The van der Waals surface area contributed by atoms with Crippen molar-refractivity contribution in [3.63, 3.8) is 0 Å². The molecule has 194 valence electrons. The predicted octanol–water partition coefficient (Wildman–Crippen LogP) is 5.08. The molecular weight excluding hydrogens is 472 g/mol. The van der Waals surface area contributed by atoms with E-state index in [1.54, 1.807) is 13.3 Å². The number of hydrogen-bond donors (Lipinski definition) is 2. The maximum absolute atomic E-state index is 5.99. The lowest BCUT2D eigenvalue weighted by molar-refractivity contribution is 0.286. The van der Waals surface area contributed by atoms with E-state index in [0.717, 1.165) is 50.2 Å². The summed E-state index contributed by atoms with van der Waals surface area (Å²) in [6, 6.07) is 10.0. The number of aryl methyl sites for hydroxylation is 3. The van der Waals surface area contributed by atoms with Crippen LogP contribution < -0.4 is 20.5 Å². The van der Waals surface area contributed by atoms with Gasteiger partial charge in [-0.3, -0.25) is 0 Å². The van der Waals surface area contributed by atoms with E-state index in [0.29, 0.717) is 23.3 Å². The standard InChI is InChI=1S/C27H38N6O2S/c1-20(2)33(14-7-13-32-19-29-18-21(32)3)27(36)31-23-9-10-24(25(17-23)34-4)35-15-6-5-8-22-11-12-30-26(28)16-22/h9-12,16-20H,5-8,13-15H2,1-4H3,(H2,28,30)(H,31,36). The normalized spacial score (nSPS) is 10.9. The average molecular weight is 511 g/mol. The minimum atomic E-state index is 0.280. The number of nitrogens with two attached hydrogens (primary N) is 1. The van der Waals surface area contributed by atoms with Crippen LogP contribution in [-0.2, 0) is 13.0 Å². The first-order valence-corrected chi connectivity index (χ1v) is 12.8. The Balaban J connectivity index is 1.48. The number of pyridine rings is 1. The monoisotopic (exact) mass is 510 g/mol. The molecule has 3 aromatic rings. The van der Waals surface area contributed by atoms with Gasteiger partial charge in [-0.15, -0.1) is 0 Å². The molecule has 0 saturated carbocycles. The maximum Gasteiger partial charge on any atom is 0.173 e. The van der Waals surface area contributed by atoms with Crippen molar-refractivity contribution < 1.29 is 9.47 Å². The van der Waals surface area contributed by atoms with Gasteiger partial charge >= 0.3 is 0 Å². The molecule has 0 aliphatic carbocycles. The van der Waals surface area contributed by atoms with Gasteiger partial charge in [-0.25, -0.2) is 9.97 Å². The van der Waals surface area contributed by atoms with E-state index in [1.807, 2.05) is 42.9 Å². The van der Waals surface area contributed by atoms with Crippen molar-refractivity contribution in [1.29, 1.82) is 0 Å². The van der Waals surface area contributed by atoms with E-state index < -0.39 is 0 Å². The number of methoxy groups -OCH3 is 1. The molecule has 0 radical (unpaired) electrons. The molecule has 0 amide bonds. The summed E-state index contributed by atoms with van der Waals surface area (Å²) in [5.74, 6) is 1.96. The molecule has 0 aliphatic rings. The highest BCUT2D eigenvalue weighted by Gasteiger charge is 2.15. The van der Waals surface area contributed by atoms with E-state index in [4.69, 9.17) is 27.4 Å². The fourth-order valence-electron chi connectivity index (χ4n) is 3.95. The van der Waals surface area contributed by atoms with Crippen LogP contribution in [0.15, 0.2) is 49.1 Å². The third-order valence-corrected chi connectivity index (χ3v) is 6.32. The highest BCUT2D eigenvalue weighted by molar-refractivity contribution is 7.80. The summed E-state index contributed by atoms with van der Waals surface area (Å²) in [7, 11) is 1.65. The number of benzene rings is 1. The number of nitrogens with one attached hydrogen (secondary N) is 1. The first-order valence-electron chi connectivity index (χ1n) is 12.4. The number of imidazole rings is 1. The number of nitrogen functional groups attached to an aromatic ring is 1. The van der Waals surface area contributed by atoms with E-state index in [-0.39, 0.29) is 6.04 Å². The minimum absolute atomic E-state index is 0.280. The number of unbranched alkanes of at least 4 members (excludes halogenated alkanes) is 1. The number of aromatic nitrogens is 3. The van der Waals surface area contributed by atoms with Crippen molar-refractivity contribution in [1.82, 2.24) is 19.4 Å². The first-order chi connectivity index (χ1) is 17.4. The van der Waals surface area contributed by atoms with Gasteiger partial charge in [0, 0.05) is 49.0 Å². The number of anilines is 2. The topological polar surface area (TPSA) is 90.5 Å². The molecule has 1 aromatic carbocycles. The average Bonchev–Trinajstić information content (AvgIpc) is 3.26. The third kappa shape index (κ3) is 8.12. The minimum Gasteiger partial charge on any atom is -0.493 e. The van der Waals surface area contributed by atoms with Gasteiger partial charge in [0.2, 0.25) is 0 Å². The fraction of sp³-hybridized carbons (Fsp3) is 0.444. The van der Waals surface area contributed by atoms with Gasteiger partial charge in [-0.2, -0.15) is 0 Å². The highest BCUT2D eigenvalue weighted by atomic mass is 32.1. The Morgan fingerprint density at radius 3 is 2.69 bits per heavy atom. The summed E-state index contributed by atoms with van der Waals surface area (Å²) in [6.07, 6.45) is 9.35. The molecule has 3 N–H and O–H groups in total. The summed E-state index contributed by atoms with van der Waals surface area (Å²) >= 11 is 5.74. The molecule has 8 nitrogen and oxygen atoms in total. The molecule has 0 spiro atoms. The van der Waals surface area contributed by atoms with Crippen LogP contribution in [-0.4, -0.2) is 50.9 Å². The van der Waals surface area contributed by atoms with Crippen LogP contribution in [0.1, 0.15) is 44.4 Å². The molecule has 2 aromatic heterocycles. The molecular formula is C27H38N6O2S. The Labute approximate surface area is 219 Å². The second kappa shape index (κ2) is 13.7. The maximum atomic E-state index is 5.99. The van der Waals surface area contributed by atoms with Crippen LogP contribution >= 0.6 is 12.2 Å². The fourth-order valence-corrected chi connectivity index (χ4v) is 4.37. The lowest BCUT2D eigenvalue weighted by Gasteiger charge is -2.30. The van der Waals surface area contributed by atoms with Crippen LogP contribution in [0.4, 0.5) is 11.5 Å². The lowest BCUT2D eigenvalue weighted by Crippen LogP contribution is -2.40.